The molecule has 0 saturated carbocycles. The molecule has 0 aliphatic heterocycles. The van der Waals surface area contributed by atoms with Crippen molar-refractivity contribution < 1.29 is 0 Å². The molecule has 3 heteroatoms. The first kappa shape index (κ1) is 17.8. The third-order valence-electron chi connectivity index (χ3n) is 5.21. The van der Waals surface area contributed by atoms with Gasteiger partial charge in [0.15, 0.2) is 0 Å². The molecule has 1 aliphatic rings. The minimum atomic E-state index is -0.524. The van der Waals surface area contributed by atoms with Gasteiger partial charge < -0.3 is 5.43 Å². The zero-order chi connectivity index (χ0) is 19.5. The number of nitrogens with one attached hydrogen (secondary N) is 1. The molecular formula is C26H21N2P. The van der Waals surface area contributed by atoms with E-state index in [1.807, 2.05) is 0 Å². The summed E-state index contributed by atoms with van der Waals surface area (Å²) < 4.78 is 0. The quantitative estimate of drug-likeness (QED) is 0.327. The van der Waals surface area contributed by atoms with Crippen molar-refractivity contribution in [3.63, 3.8) is 0 Å². The van der Waals surface area contributed by atoms with E-state index in [4.69, 9.17) is 5.10 Å². The minimum absolute atomic E-state index is 0.524. The molecular weight excluding hydrogens is 371 g/mol. The van der Waals surface area contributed by atoms with Crippen molar-refractivity contribution in [2.24, 2.45) is 5.10 Å². The van der Waals surface area contributed by atoms with Crippen molar-refractivity contribution in [3.05, 3.63) is 120 Å². The second-order valence-corrected chi connectivity index (χ2v) is 9.17. The van der Waals surface area contributed by atoms with E-state index in [0.717, 1.165) is 12.0 Å². The molecule has 0 amide bonds. The zero-order valence-electron chi connectivity index (χ0n) is 16.0. The van der Waals surface area contributed by atoms with Gasteiger partial charge in [0.1, 0.15) is 0 Å². The van der Waals surface area contributed by atoms with E-state index < -0.39 is 7.92 Å². The Morgan fingerprint density at radius 3 is 1.41 bits per heavy atom. The predicted molar refractivity (Wildman–Crippen MR) is 125 cm³/mol. The normalized spacial score (nSPS) is 11.8. The fourth-order valence-electron chi connectivity index (χ4n) is 3.85. The van der Waals surface area contributed by atoms with Crippen LogP contribution in [0, 0.1) is 0 Å². The number of rotatable bonds is 5. The molecule has 4 aromatic carbocycles. The van der Waals surface area contributed by atoms with Gasteiger partial charge in [0.25, 0.3) is 0 Å². The van der Waals surface area contributed by atoms with E-state index in [1.54, 1.807) is 0 Å². The lowest BCUT2D eigenvalue weighted by Gasteiger charge is -2.18. The molecule has 0 unspecified atom stereocenters. The Hall–Kier alpha value is -3.22. The monoisotopic (exact) mass is 392 g/mol. The van der Waals surface area contributed by atoms with Crippen molar-refractivity contribution >= 4 is 24.2 Å². The zero-order valence-corrected chi connectivity index (χ0v) is 16.9. The summed E-state index contributed by atoms with van der Waals surface area (Å²) in [7, 11) is -0.524. The Morgan fingerprint density at radius 1 is 0.517 bits per heavy atom. The first-order chi connectivity index (χ1) is 14.4. The van der Waals surface area contributed by atoms with Gasteiger partial charge in [-0.05, 0) is 29.7 Å². The van der Waals surface area contributed by atoms with E-state index in [1.165, 1.54) is 32.9 Å². The summed E-state index contributed by atoms with van der Waals surface area (Å²) in [5.74, 6) is 0. The molecule has 5 rings (SSSR count). The van der Waals surface area contributed by atoms with Crippen molar-refractivity contribution in [3.8, 4) is 11.1 Å². The Kier molecular flexibility index (Phi) is 4.94. The highest BCUT2D eigenvalue weighted by Gasteiger charge is 2.24. The number of hydrogen-bond donors (Lipinski definition) is 1. The second kappa shape index (κ2) is 8.03. The van der Waals surface area contributed by atoms with E-state index >= 15 is 0 Å². The Labute approximate surface area is 172 Å². The van der Waals surface area contributed by atoms with Gasteiger partial charge in [0.2, 0.25) is 0 Å². The number of nitrogens with zero attached hydrogens (tertiary/aromatic N) is 1. The summed E-state index contributed by atoms with van der Waals surface area (Å²) in [6, 6.07) is 38.5. The highest BCUT2D eigenvalue weighted by atomic mass is 31.1. The van der Waals surface area contributed by atoms with E-state index in [2.05, 4.69) is 115 Å². The second-order valence-electron chi connectivity index (χ2n) is 6.97. The Morgan fingerprint density at radius 2 is 0.931 bits per heavy atom. The van der Waals surface area contributed by atoms with Crippen LogP contribution >= 0.6 is 7.92 Å². The summed E-state index contributed by atoms with van der Waals surface area (Å²) >= 11 is 0. The molecule has 0 atom stereocenters. The minimum Gasteiger partial charge on any atom is -0.305 e. The smallest absolute Gasteiger partial charge is 0.0986 e. The highest BCUT2D eigenvalue weighted by Crippen LogP contribution is 2.37. The van der Waals surface area contributed by atoms with Gasteiger partial charge in [0.05, 0.1) is 12.0 Å². The van der Waals surface area contributed by atoms with Gasteiger partial charge in [0, 0.05) is 11.1 Å². The first-order valence-electron chi connectivity index (χ1n) is 9.79. The molecule has 4 aromatic rings. The van der Waals surface area contributed by atoms with Crippen molar-refractivity contribution in [1.29, 1.82) is 0 Å². The lowest BCUT2D eigenvalue weighted by Crippen LogP contribution is -2.21. The standard InChI is InChI=1S/C26H21N2P/c1-3-11-20(12-4-1)29(21-13-5-2-6-14-21)19-27-28-26-24-17-9-7-15-22(24)23-16-8-10-18-25(23)26/h1-18,27H,19H2. The third-order valence-corrected chi connectivity index (χ3v) is 7.51. The van der Waals surface area contributed by atoms with Crippen molar-refractivity contribution in [2.75, 3.05) is 6.29 Å². The average Bonchev–Trinajstić information content (AvgIpc) is 3.12. The van der Waals surface area contributed by atoms with Crippen LogP contribution in [0.3, 0.4) is 0 Å². The first-order valence-corrected chi connectivity index (χ1v) is 11.3. The summed E-state index contributed by atoms with van der Waals surface area (Å²) in [5, 5.41) is 7.59. The summed E-state index contributed by atoms with van der Waals surface area (Å²) in [6.45, 7) is 0. The molecule has 140 valence electrons. The van der Waals surface area contributed by atoms with Crippen LogP contribution in [0.15, 0.2) is 114 Å². The largest absolute Gasteiger partial charge is 0.305 e. The maximum atomic E-state index is 4.88. The van der Waals surface area contributed by atoms with Gasteiger partial charge >= 0.3 is 0 Å². The highest BCUT2D eigenvalue weighted by molar-refractivity contribution is 7.72. The molecule has 29 heavy (non-hydrogen) atoms. The van der Waals surface area contributed by atoms with E-state index in [9.17, 15) is 0 Å². The van der Waals surface area contributed by atoms with E-state index in [-0.39, 0.29) is 0 Å². The maximum Gasteiger partial charge on any atom is 0.0986 e. The number of fused-ring (bicyclic) bond motifs is 3. The fourth-order valence-corrected chi connectivity index (χ4v) is 5.79. The van der Waals surface area contributed by atoms with Gasteiger partial charge in [-0.25, -0.2) is 0 Å². The topological polar surface area (TPSA) is 24.4 Å². The molecule has 2 nitrogen and oxygen atoms in total. The van der Waals surface area contributed by atoms with Crippen LogP contribution in [0.25, 0.3) is 11.1 Å². The number of hydrogen-bond acceptors (Lipinski definition) is 2. The molecule has 0 heterocycles. The van der Waals surface area contributed by atoms with Crippen LogP contribution < -0.4 is 16.0 Å². The third kappa shape index (κ3) is 3.48. The fraction of sp³-hybridized carbons (Fsp3) is 0.0385. The van der Waals surface area contributed by atoms with Crippen LogP contribution in [-0.2, 0) is 0 Å². The van der Waals surface area contributed by atoms with Crippen LogP contribution in [0.1, 0.15) is 11.1 Å². The van der Waals surface area contributed by atoms with Crippen molar-refractivity contribution in [1.82, 2.24) is 5.43 Å². The molecule has 0 aromatic heterocycles. The summed E-state index contributed by atoms with van der Waals surface area (Å²) in [4.78, 5) is 0. The van der Waals surface area contributed by atoms with Crippen LogP contribution in [-0.4, -0.2) is 12.0 Å². The predicted octanol–water partition coefficient (Wildman–Crippen LogP) is 5.10. The van der Waals surface area contributed by atoms with Gasteiger partial charge in [-0.2, -0.15) is 5.10 Å². The van der Waals surface area contributed by atoms with Gasteiger partial charge in [-0.1, -0.05) is 109 Å². The molecule has 0 fully saturated rings. The number of benzene rings is 4. The molecule has 0 spiro atoms. The lowest BCUT2D eigenvalue weighted by atomic mass is 10.1. The van der Waals surface area contributed by atoms with Crippen LogP contribution in [0.2, 0.25) is 0 Å². The van der Waals surface area contributed by atoms with Crippen molar-refractivity contribution in [2.45, 2.75) is 0 Å². The molecule has 0 radical (unpaired) electrons. The van der Waals surface area contributed by atoms with E-state index in [0.29, 0.717) is 0 Å². The molecule has 0 bridgehead atoms. The van der Waals surface area contributed by atoms with Crippen LogP contribution in [0.4, 0.5) is 0 Å². The molecule has 1 N–H and O–H groups in total. The Bertz CT molecular complexity index is 1070. The summed E-state index contributed by atoms with van der Waals surface area (Å²) in [6.07, 6.45) is 0.803. The SMILES string of the molecule is c1ccc(P(CNN=C2c3ccccc3-c3ccccc32)c2ccccc2)cc1. The maximum absolute atomic E-state index is 4.88. The average molecular weight is 392 g/mol. The number of hydrazone groups is 1. The lowest BCUT2D eigenvalue weighted by molar-refractivity contribution is 0.870. The summed E-state index contributed by atoms with van der Waals surface area (Å²) in [5.41, 5.74) is 9.38. The molecule has 1 aliphatic carbocycles. The van der Waals surface area contributed by atoms with Gasteiger partial charge in [-0.3, -0.25) is 0 Å². The van der Waals surface area contributed by atoms with Gasteiger partial charge in [-0.15, -0.1) is 0 Å². The Balaban J connectivity index is 1.46. The molecule has 0 saturated heterocycles. The van der Waals surface area contributed by atoms with Crippen LogP contribution in [0.5, 0.6) is 0 Å².